The van der Waals surface area contributed by atoms with Crippen LogP contribution in [0.15, 0.2) is 24.3 Å². The smallest absolute Gasteiger partial charge is 0.289 e. The van der Waals surface area contributed by atoms with E-state index in [1.807, 2.05) is 6.07 Å². The molecule has 2 unspecified atom stereocenters. The molecule has 0 radical (unpaired) electrons. The van der Waals surface area contributed by atoms with E-state index in [4.69, 9.17) is 5.26 Å². The Morgan fingerprint density at radius 3 is 2.79 bits per heavy atom. The number of imide groups is 1. The number of carbonyl (C=O) groups is 3. The van der Waals surface area contributed by atoms with Crippen LogP contribution in [0.5, 0.6) is 0 Å². The van der Waals surface area contributed by atoms with Gasteiger partial charge in [-0.25, -0.2) is 0 Å². The van der Waals surface area contributed by atoms with Crippen molar-refractivity contribution in [1.29, 1.82) is 5.26 Å². The maximum Gasteiger partial charge on any atom is 0.289 e. The Morgan fingerprint density at radius 2 is 2.08 bits per heavy atom. The van der Waals surface area contributed by atoms with Crippen molar-refractivity contribution in [3.63, 3.8) is 0 Å². The normalized spacial score (nSPS) is 23.9. The van der Waals surface area contributed by atoms with Gasteiger partial charge in [-0.05, 0) is 31.0 Å². The number of benzene rings is 1. The lowest BCUT2D eigenvalue weighted by atomic mass is 9.89. The summed E-state index contributed by atoms with van der Waals surface area (Å²) in [4.78, 5) is 37.8. The average molecular weight is 343 g/mol. The molecule has 124 valence electrons. The molecule has 1 aliphatic heterocycles. The molecule has 3 amide bonds. The van der Waals surface area contributed by atoms with Gasteiger partial charge < -0.3 is 5.32 Å². The highest BCUT2D eigenvalue weighted by atomic mass is 32.2. The van der Waals surface area contributed by atoms with E-state index in [2.05, 4.69) is 5.32 Å². The molecule has 1 N–H and O–H groups in total. The molecule has 1 heterocycles. The molecule has 1 aliphatic carbocycles. The molecular formula is C17H17N3O3S. The number of hydrogen-bond donors (Lipinski definition) is 1. The predicted molar refractivity (Wildman–Crippen MR) is 89.4 cm³/mol. The van der Waals surface area contributed by atoms with Gasteiger partial charge in [-0.1, -0.05) is 30.7 Å². The van der Waals surface area contributed by atoms with Crippen LogP contribution in [0, 0.1) is 11.3 Å². The van der Waals surface area contributed by atoms with Crippen molar-refractivity contribution in [3.05, 3.63) is 35.4 Å². The maximum absolute atomic E-state index is 12.5. The van der Waals surface area contributed by atoms with Gasteiger partial charge in [-0.2, -0.15) is 5.26 Å². The molecule has 1 saturated carbocycles. The van der Waals surface area contributed by atoms with Gasteiger partial charge in [0.1, 0.15) is 0 Å². The number of carbonyl (C=O) groups excluding carboxylic acids is 3. The molecule has 2 atom stereocenters. The second kappa shape index (κ2) is 7.05. The zero-order valence-electron chi connectivity index (χ0n) is 13.0. The van der Waals surface area contributed by atoms with E-state index in [9.17, 15) is 14.4 Å². The van der Waals surface area contributed by atoms with E-state index in [0.29, 0.717) is 17.5 Å². The topological polar surface area (TPSA) is 90.3 Å². The highest BCUT2D eigenvalue weighted by Gasteiger charge is 2.41. The molecule has 6 nitrogen and oxygen atoms in total. The quantitative estimate of drug-likeness (QED) is 0.909. The van der Waals surface area contributed by atoms with Crippen molar-refractivity contribution in [2.45, 2.75) is 37.8 Å². The average Bonchev–Trinajstić information content (AvgIpc) is 2.94. The molecule has 0 bridgehead atoms. The molecule has 7 heteroatoms. The summed E-state index contributed by atoms with van der Waals surface area (Å²) >= 11 is 1.02. The molecule has 0 aromatic heterocycles. The fourth-order valence-electron chi connectivity index (χ4n) is 3.26. The summed E-state index contributed by atoms with van der Waals surface area (Å²) in [5, 5.41) is 11.7. The van der Waals surface area contributed by atoms with Gasteiger partial charge in [-0.15, -0.1) is 0 Å². The van der Waals surface area contributed by atoms with Crippen molar-refractivity contribution in [1.82, 2.24) is 10.2 Å². The third-order valence-corrected chi connectivity index (χ3v) is 5.25. The van der Waals surface area contributed by atoms with Crippen LogP contribution in [0.2, 0.25) is 0 Å². The first-order valence-corrected chi connectivity index (χ1v) is 8.88. The van der Waals surface area contributed by atoms with Gasteiger partial charge in [0.2, 0.25) is 5.91 Å². The van der Waals surface area contributed by atoms with Crippen molar-refractivity contribution >= 4 is 28.8 Å². The van der Waals surface area contributed by atoms with E-state index in [-0.39, 0.29) is 34.9 Å². The van der Waals surface area contributed by atoms with Crippen LogP contribution >= 0.6 is 11.8 Å². The Kier molecular flexibility index (Phi) is 4.86. The molecule has 1 aromatic carbocycles. The number of amides is 3. The minimum absolute atomic E-state index is 0.178. The fourth-order valence-corrected chi connectivity index (χ4v) is 4.02. The first-order chi connectivity index (χ1) is 11.6. The Bertz CT molecular complexity index is 712. The van der Waals surface area contributed by atoms with E-state index < -0.39 is 0 Å². The molecular weight excluding hydrogens is 326 g/mol. The number of rotatable bonds is 3. The Labute approximate surface area is 144 Å². The highest BCUT2D eigenvalue weighted by Crippen LogP contribution is 2.30. The highest BCUT2D eigenvalue weighted by molar-refractivity contribution is 8.14. The number of nitriles is 1. The van der Waals surface area contributed by atoms with E-state index in [1.54, 1.807) is 18.2 Å². The largest absolute Gasteiger partial charge is 0.347 e. The van der Waals surface area contributed by atoms with Gasteiger partial charge in [0, 0.05) is 5.56 Å². The first kappa shape index (κ1) is 16.5. The third-order valence-electron chi connectivity index (χ3n) is 4.42. The zero-order valence-corrected chi connectivity index (χ0v) is 13.8. The number of nitrogens with one attached hydrogen (secondary N) is 1. The maximum atomic E-state index is 12.5. The van der Waals surface area contributed by atoms with Crippen LogP contribution in [-0.4, -0.2) is 39.8 Å². The summed E-state index contributed by atoms with van der Waals surface area (Å²) < 4.78 is 0. The van der Waals surface area contributed by atoms with Crippen LogP contribution in [0.1, 0.15) is 41.6 Å². The number of thioether (sulfide) groups is 1. The number of hydrogen-bond acceptors (Lipinski definition) is 5. The Balaban J connectivity index is 1.76. The molecule has 3 rings (SSSR count). The van der Waals surface area contributed by atoms with Crippen LogP contribution < -0.4 is 5.32 Å². The van der Waals surface area contributed by atoms with Crippen LogP contribution in [-0.2, 0) is 4.79 Å². The molecule has 1 aromatic rings. The molecule has 2 fully saturated rings. The zero-order chi connectivity index (χ0) is 17.1. The van der Waals surface area contributed by atoms with Crippen molar-refractivity contribution in [2.75, 3.05) is 5.75 Å². The van der Waals surface area contributed by atoms with Crippen LogP contribution in [0.3, 0.4) is 0 Å². The standard InChI is InChI=1S/C17H17N3O3S/c18-9-11-4-3-5-12(8-11)16(22)19-13-6-1-2-7-14(13)20-15(21)10-24-17(20)23/h3-5,8,13-14H,1-2,6-7,10H2,(H,19,22). The lowest BCUT2D eigenvalue weighted by Gasteiger charge is -2.36. The molecule has 0 spiro atoms. The van der Waals surface area contributed by atoms with E-state index >= 15 is 0 Å². The first-order valence-electron chi connectivity index (χ1n) is 7.90. The SMILES string of the molecule is N#Cc1cccc(C(=O)NC2CCCCC2N2C(=O)CSC2=O)c1. The van der Waals surface area contributed by atoms with Gasteiger partial charge in [0.05, 0.1) is 29.5 Å². The van der Waals surface area contributed by atoms with Crippen LogP contribution in [0.25, 0.3) is 0 Å². The van der Waals surface area contributed by atoms with E-state index in [1.165, 1.54) is 11.0 Å². The summed E-state index contributed by atoms with van der Waals surface area (Å²) in [6.07, 6.45) is 3.32. The predicted octanol–water partition coefficient (Wildman–Crippen LogP) is 2.29. The Hall–Kier alpha value is -2.33. The number of nitrogens with zero attached hydrogens (tertiary/aromatic N) is 2. The molecule has 24 heavy (non-hydrogen) atoms. The Morgan fingerprint density at radius 1 is 1.29 bits per heavy atom. The van der Waals surface area contributed by atoms with Crippen LogP contribution in [0.4, 0.5) is 4.79 Å². The summed E-state index contributed by atoms with van der Waals surface area (Å²) in [7, 11) is 0. The van der Waals surface area contributed by atoms with Gasteiger partial charge in [0.25, 0.3) is 11.1 Å². The summed E-state index contributed by atoms with van der Waals surface area (Å²) in [5.74, 6) is -0.279. The minimum Gasteiger partial charge on any atom is -0.347 e. The second-order valence-corrected chi connectivity index (χ2v) is 6.87. The lowest BCUT2D eigenvalue weighted by molar-refractivity contribution is -0.127. The molecule has 2 aliphatic rings. The van der Waals surface area contributed by atoms with Crippen molar-refractivity contribution in [2.24, 2.45) is 0 Å². The molecule has 1 saturated heterocycles. The summed E-state index contributed by atoms with van der Waals surface area (Å²) in [5.41, 5.74) is 0.830. The van der Waals surface area contributed by atoms with E-state index in [0.717, 1.165) is 31.0 Å². The van der Waals surface area contributed by atoms with Crippen molar-refractivity contribution < 1.29 is 14.4 Å². The van der Waals surface area contributed by atoms with Gasteiger partial charge >= 0.3 is 0 Å². The van der Waals surface area contributed by atoms with Gasteiger partial charge in [-0.3, -0.25) is 19.3 Å². The summed E-state index contributed by atoms with van der Waals surface area (Å²) in [6, 6.07) is 7.97. The van der Waals surface area contributed by atoms with Crippen molar-refractivity contribution in [3.8, 4) is 6.07 Å². The van der Waals surface area contributed by atoms with Gasteiger partial charge in [0.15, 0.2) is 0 Å². The second-order valence-electron chi connectivity index (χ2n) is 5.94. The summed E-state index contributed by atoms with van der Waals surface area (Å²) in [6.45, 7) is 0. The fraction of sp³-hybridized carbons (Fsp3) is 0.412. The minimum atomic E-state index is -0.282. The lowest BCUT2D eigenvalue weighted by Crippen LogP contribution is -2.54. The monoisotopic (exact) mass is 343 g/mol. The third kappa shape index (κ3) is 3.29.